The van der Waals surface area contributed by atoms with Crippen molar-refractivity contribution >= 4 is 5.96 Å². The molecule has 2 N–H and O–H groups in total. The number of unbranched alkanes of at least 4 members (excludes halogenated alkanes) is 1. The lowest BCUT2D eigenvalue weighted by Gasteiger charge is -2.12. The van der Waals surface area contributed by atoms with Crippen molar-refractivity contribution in [1.29, 1.82) is 0 Å². The lowest BCUT2D eigenvalue weighted by Crippen LogP contribution is -2.37. The highest BCUT2D eigenvalue weighted by Gasteiger charge is 2.04. The van der Waals surface area contributed by atoms with Gasteiger partial charge in [0.15, 0.2) is 5.96 Å². The van der Waals surface area contributed by atoms with Gasteiger partial charge in [-0.2, -0.15) is 5.10 Å². The van der Waals surface area contributed by atoms with Crippen LogP contribution < -0.4 is 10.6 Å². The fourth-order valence-electron chi connectivity index (χ4n) is 2.90. The molecule has 0 amide bonds. The van der Waals surface area contributed by atoms with Gasteiger partial charge in [-0.3, -0.25) is 4.68 Å². The zero-order valence-electron chi connectivity index (χ0n) is 16.3. The van der Waals surface area contributed by atoms with E-state index in [1.807, 2.05) is 21.5 Å². The molecular formula is C20H28N8. The summed E-state index contributed by atoms with van der Waals surface area (Å²) >= 11 is 0. The maximum absolute atomic E-state index is 4.76. The van der Waals surface area contributed by atoms with Gasteiger partial charge in [0.05, 0.1) is 13.1 Å². The summed E-state index contributed by atoms with van der Waals surface area (Å²) in [4.78, 5) is 4.76. The fraction of sp³-hybridized carbons (Fsp3) is 0.400. The van der Waals surface area contributed by atoms with Crippen LogP contribution in [0.3, 0.4) is 0 Å². The largest absolute Gasteiger partial charge is 0.357 e. The Kier molecular flexibility index (Phi) is 7.60. The molecule has 0 aliphatic carbocycles. The van der Waals surface area contributed by atoms with E-state index in [0.717, 1.165) is 45.0 Å². The first kappa shape index (κ1) is 19.6. The standard InChI is InChI=1S/C20H28N8/c1-2-21-20(22-10-5-6-12-27-16-24-25-17-27)23-14-18-8-3-4-9-19(18)15-28-13-7-11-26-28/h3-4,7-9,11,13,16-17H,2,5-6,10,12,14-15H2,1H3,(H2,21,22,23). The van der Waals surface area contributed by atoms with Crippen LogP contribution in [0.2, 0.25) is 0 Å². The van der Waals surface area contributed by atoms with E-state index in [4.69, 9.17) is 4.99 Å². The van der Waals surface area contributed by atoms with Gasteiger partial charge < -0.3 is 15.2 Å². The van der Waals surface area contributed by atoms with Crippen molar-refractivity contribution in [3.05, 3.63) is 66.5 Å². The third-order valence-electron chi connectivity index (χ3n) is 4.36. The summed E-state index contributed by atoms with van der Waals surface area (Å²) in [6.45, 7) is 6.11. The van der Waals surface area contributed by atoms with Crippen molar-refractivity contribution < 1.29 is 0 Å². The minimum absolute atomic E-state index is 0.632. The van der Waals surface area contributed by atoms with Crippen LogP contribution in [-0.4, -0.2) is 43.6 Å². The molecule has 0 spiro atoms. The van der Waals surface area contributed by atoms with Crippen molar-refractivity contribution in [2.24, 2.45) is 4.99 Å². The van der Waals surface area contributed by atoms with Gasteiger partial charge >= 0.3 is 0 Å². The zero-order valence-corrected chi connectivity index (χ0v) is 16.3. The molecule has 148 valence electrons. The molecular weight excluding hydrogens is 352 g/mol. The number of benzene rings is 1. The first-order chi connectivity index (χ1) is 13.8. The van der Waals surface area contributed by atoms with E-state index < -0.39 is 0 Å². The Bertz CT molecular complexity index is 824. The minimum Gasteiger partial charge on any atom is -0.357 e. The minimum atomic E-state index is 0.632. The highest BCUT2D eigenvalue weighted by atomic mass is 15.3. The van der Waals surface area contributed by atoms with Crippen molar-refractivity contribution in [1.82, 2.24) is 35.2 Å². The molecule has 3 aromatic rings. The molecule has 8 nitrogen and oxygen atoms in total. The molecule has 2 heterocycles. The number of nitrogens with zero attached hydrogens (tertiary/aromatic N) is 6. The van der Waals surface area contributed by atoms with Crippen molar-refractivity contribution in [2.45, 2.75) is 39.4 Å². The van der Waals surface area contributed by atoms with E-state index in [-0.39, 0.29) is 0 Å². The molecule has 0 fully saturated rings. The van der Waals surface area contributed by atoms with Gasteiger partial charge in [0, 0.05) is 32.0 Å². The highest BCUT2D eigenvalue weighted by molar-refractivity contribution is 5.79. The van der Waals surface area contributed by atoms with Crippen molar-refractivity contribution in [3.63, 3.8) is 0 Å². The molecule has 3 rings (SSSR count). The summed E-state index contributed by atoms with van der Waals surface area (Å²) < 4.78 is 3.93. The summed E-state index contributed by atoms with van der Waals surface area (Å²) in [5.41, 5.74) is 2.45. The first-order valence-corrected chi connectivity index (χ1v) is 9.74. The van der Waals surface area contributed by atoms with Gasteiger partial charge in [0.25, 0.3) is 0 Å². The van der Waals surface area contributed by atoms with E-state index >= 15 is 0 Å². The number of guanidine groups is 1. The second-order valence-electron chi connectivity index (χ2n) is 6.50. The number of aryl methyl sites for hydroxylation is 1. The van der Waals surface area contributed by atoms with Crippen LogP contribution >= 0.6 is 0 Å². The molecule has 0 radical (unpaired) electrons. The van der Waals surface area contributed by atoms with Crippen LogP contribution in [0.15, 0.2) is 60.4 Å². The third kappa shape index (κ3) is 6.22. The average molecular weight is 381 g/mol. The summed E-state index contributed by atoms with van der Waals surface area (Å²) in [7, 11) is 0. The maximum atomic E-state index is 4.76. The molecule has 28 heavy (non-hydrogen) atoms. The zero-order chi connectivity index (χ0) is 19.4. The van der Waals surface area contributed by atoms with Gasteiger partial charge in [-0.1, -0.05) is 24.3 Å². The van der Waals surface area contributed by atoms with Gasteiger partial charge in [-0.15, -0.1) is 10.2 Å². The van der Waals surface area contributed by atoms with E-state index in [9.17, 15) is 0 Å². The van der Waals surface area contributed by atoms with Gasteiger partial charge in [-0.25, -0.2) is 4.99 Å². The lowest BCUT2D eigenvalue weighted by atomic mass is 10.1. The molecule has 2 aromatic heterocycles. The number of rotatable bonds is 10. The number of nitrogens with one attached hydrogen (secondary N) is 2. The molecule has 8 heteroatoms. The molecule has 0 saturated heterocycles. The average Bonchev–Trinajstić information content (AvgIpc) is 3.41. The highest BCUT2D eigenvalue weighted by Crippen LogP contribution is 2.11. The first-order valence-electron chi connectivity index (χ1n) is 9.74. The molecule has 0 unspecified atom stereocenters. The molecule has 0 atom stereocenters. The van der Waals surface area contributed by atoms with Crippen LogP contribution in [-0.2, 0) is 19.6 Å². The quantitative estimate of drug-likeness (QED) is 0.319. The maximum Gasteiger partial charge on any atom is 0.191 e. The van der Waals surface area contributed by atoms with Gasteiger partial charge in [0.2, 0.25) is 0 Å². The molecule has 0 aliphatic heterocycles. The third-order valence-corrected chi connectivity index (χ3v) is 4.36. The van der Waals surface area contributed by atoms with E-state index in [1.165, 1.54) is 11.1 Å². The summed E-state index contributed by atoms with van der Waals surface area (Å²) in [5, 5.41) is 18.7. The van der Waals surface area contributed by atoms with E-state index in [0.29, 0.717) is 6.54 Å². The Morgan fingerprint density at radius 1 is 1.04 bits per heavy atom. The smallest absolute Gasteiger partial charge is 0.191 e. The van der Waals surface area contributed by atoms with Gasteiger partial charge in [-0.05, 0) is 37.0 Å². The van der Waals surface area contributed by atoms with Crippen LogP contribution in [0.1, 0.15) is 30.9 Å². The summed E-state index contributed by atoms with van der Waals surface area (Å²) in [6, 6.07) is 10.3. The molecule has 0 aliphatic rings. The molecule has 0 bridgehead atoms. The van der Waals surface area contributed by atoms with E-state index in [1.54, 1.807) is 18.9 Å². The van der Waals surface area contributed by atoms with Crippen LogP contribution in [0.25, 0.3) is 0 Å². The Hall–Kier alpha value is -3.16. The van der Waals surface area contributed by atoms with Gasteiger partial charge in [0.1, 0.15) is 12.7 Å². The number of hydrogen-bond acceptors (Lipinski definition) is 4. The van der Waals surface area contributed by atoms with Crippen LogP contribution in [0, 0.1) is 0 Å². The topological polar surface area (TPSA) is 85.0 Å². The Morgan fingerprint density at radius 2 is 1.86 bits per heavy atom. The van der Waals surface area contributed by atoms with Crippen LogP contribution in [0.5, 0.6) is 0 Å². The number of aliphatic imine (C=N–C) groups is 1. The van der Waals surface area contributed by atoms with Crippen LogP contribution in [0.4, 0.5) is 0 Å². The Labute approximate surface area is 165 Å². The Morgan fingerprint density at radius 3 is 2.61 bits per heavy atom. The Balaban J connectivity index is 1.51. The molecule has 1 aromatic carbocycles. The second-order valence-corrected chi connectivity index (χ2v) is 6.50. The predicted molar refractivity (Wildman–Crippen MR) is 110 cm³/mol. The monoisotopic (exact) mass is 380 g/mol. The number of hydrogen-bond donors (Lipinski definition) is 2. The SMILES string of the molecule is CCNC(=NCc1ccccc1Cn1cccn1)NCCCCn1cnnc1. The van der Waals surface area contributed by atoms with Crippen molar-refractivity contribution in [2.75, 3.05) is 13.1 Å². The fourth-order valence-corrected chi connectivity index (χ4v) is 2.90. The van der Waals surface area contributed by atoms with E-state index in [2.05, 4.69) is 57.1 Å². The predicted octanol–water partition coefficient (Wildman–Crippen LogP) is 2.06. The summed E-state index contributed by atoms with van der Waals surface area (Å²) in [5.74, 6) is 0.848. The number of aromatic nitrogens is 5. The normalized spacial score (nSPS) is 11.5. The van der Waals surface area contributed by atoms with Crippen molar-refractivity contribution in [3.8, 4) is 0 Å². The molecule has 0 saturated carbocycles. The summed E-state index contributed by atoms with van der Waals surface area (Å²) in [6.07, 6.45) is 9.40. The second kappa shape index (κ2) is 10.9. The lowest BCUT2D eigenvalue weighted by molar-refractivity contribution is 0.597.